The first-order valence-electron chi connectivity index (χ1n) is 13.6. The lowest BCUT2D eigenvalue weighted by atomic mass is 9.72. The second kappa shape index (κ2) is 13.8. The fraction of sp³-hybridized carbons (Fsp3) is 0.700. The number of aromatic nitrogens is 1. The molecule has 1 aliphatic rings. The highest BCUT2D eigenvalue weighted by atomic mass is 32.1. The minimum Gasteiger partial charge on any atom is -0.457 e. The zero-order valence-electron chi connectivity index (χ0n) is 23.9. The summed E-state index contributed by atoms with van der Waals surface area (Å²) in [7, 11) is 0. The average molecular weight is 534 g/mol. The topological polar surface area (TPSA) is 96.7 Å². The van der Waals surface area contributed by atoms with Gasteiger partial charge in [0, 0.05) is 17.7 Å². The van der Waals surface area contributed by atoms with E-state index < -0.39 is 35.6 Å². The molecule has 2 N–H and O–H groups in total. The van der Waals surface area contributed by atoms with E-state index in [0.29, 0.717) is 12.3 Å². The number of Topliss-reactive ketones (excluding diaryl/α,β-unsaturated/α-hetero) is 1. The third-order valence-electron chi connectivity index (χ3n) is 7.85. The van der Waals surface area contributed by atoms with E-state index in [2.05, 4.69) is 24.9 Å². The number of carbonyl (C=O) groups is 2. The number of nitrogens with zero attached hydrogens (tertiary/aromatic N) is 1. The van der Waals surface area contributed by atoms with Crippen molar-refractivity contribution < 1.29 is 24.5 Å². The molecule has 0 amide bonds. The smallest absolute Gasteiger partial charge is 0.309 e. The molecule has 37 heavy (non-hydrogen) atoms. The maximum Gasteiger partial charge on any atom is 0.309 e. The van der Waals surface area contributed by atoms with Crippen molar-refractivity contribution in [2.45, 2.75) is 112 Å². The molecule has 0 radical (unpaired) electrons. The summed E-state index contributed by atoms with van der Waals surface area (Å²) in [6.07, 6.45) is 5.66. The van der Waals surface area contributed by atoms with Crippen LogP contribution in [-0.2, 0) is 14.3 Å². The van der Waals surface area contributed by atoms with Crippen molar-refractivity contribution >= 4 is 29.2 Å². The van der Waals surface area contributed by atoms with E-state index in [-0.39, 0.29) is 18.1 Å². The predicted octanol–water partition coefficient (Wildman–Crippen LogP) is 6.29. The molecule has 1 aliphatic heterocycles. The fourth-order valence-corrected chi connectivity index (χ4v) is 5.72. The number of thiazole rings is 1. The van der Waals surface area contributed by atoms with Gasteiger partial charge in [0.15, 0.2) is 0 Å². The Morgan fingerprint density at radius 3 is 2.49 bits per heavy atom. The molecule has 0 aromatic carbocycles. The maximum atomic E-state index is 13.3. The van der Waals surface area contributed by atoms with Gasteiger partial charge in [0.1, 0.15) is 11.9 Å². The van der Waals surface area contributed by atoms with Gasteiger partial charge < -0.3 is 14.9 Å². The van der Waals surface area contributed by atoms with Crippen molar-refractivity contribution in [3.05, 3.63) is 33.3 Å². The van der Waals surface area contributed by atoms with Crippen LogP contribution >= 0.6 is 11.3 Å². The number of carbonyl (C=O) groups excluding carboxylic acids is 2. The van der Waals surface area contributed by atoms with Crippen molar-refractivity contribution in [1.82, 2.24) is 4.98 Å². The average Bonchev–Trinajstić information content (AvgIpc) is 3.23. The predicted molar refractivity (Wildman–Crippen MR) is 150 cm³/mol. The molecule has 6 atom stereocenters. The Hall–Kier alpha value is -1.83. The van der Waals surface area contributed by atoms with Crippen molar-refractivity contribution in [2.75, 3.05) is 0 Å². The summed E-state index contributed by atoms with van der Waals surface area (Å²) in [6, 6.07) is 0. The third kappa shape index (κ3) is 9.15. The Morgan fingerprint density at radius 2 is 1.86 bits per heavy atom. The minimum atomic E-state index is -1.22. The molecule has 0 spiro atoms. The molecular formula is C30H47NO5S. The maximum absolute atomic E-state index is 13.3. The van der Waals surface area contributed by atoms with Crippen LogP contribution in [0.15, 0.2) is 22.6 Å². The van der Waals surface area contributed by atoms with Gasteiger partial charge in [0.25, 0.3) is 0 Å². The molecule has 0 saturated heterocycles. The number of aliphatic hydroxyl groups is 2. The van der Waals surface area contributed by atoms with Gasteiger partial charge in [-0.25, -0.2) is 4.98 Å². The van der Waals surface area contributed by atoms with Crippen LogP contribution in [0.25, 0.3) is 6.08 Å². The summed E-state index contributed by atoms with van der Waals surface area (Å²) >= 11 is 1.57. The van der Waals surface area contributed by atoms with Gasteiger partial charge in [0.2, 0.25) is 0 Å². The largest absolute Gasteiger partial charge is 0.457 e. The van der Waals surface area contributed by atoms with E-state index in [0.717, 1.165) is 42.0 Å². The molecule has 0 fully saturated rings. The van der Waals surface area contributed by atoms with Gasteiger partial charge >= 0.3 is 5.97 Å². The number of aliphatic hydroxyl groups excluding tert-OH is 2. The quantitative estimate of drug-likeness (QED) is 0.342. The van der Waals surface area contributed by atoms with Crippen LogP contribution in [0.5, 0.6) is 0 Å². The van der Waals surface area contributed by atoms with Crippen LogP contribution in [0.3, 0.4) is 0 Å². The molecule has 1 aromatic rings. The van der Waals surface area contributed by atoms with Crippen LogP contribution in [0.2, 0.25) is 0 Å². The molecule has 2 heterocycles. The zero-order valence-corrected chi connectivity index (χ0v) is 24.7. The number of aryl methyl sites for hydroxylation is 1. The van der Waals surface area contributed by atoms with Crippen LogP contribution in [0.1, 0.15) is 97.7 Å². The summed E-state index contributed by atoms with van der Waals surface area (Å²) in [5, 5.41) is 24.8. The Kier molecular flexibility index (Phi) is 11.7. The van der Waals surface area contributed by atoms with Gasteiger partial charge in [-0.2, -0.15) is 0 Å². The monoisotopic (exact) mass is 533 g/mol. The van der Waals surface area contributed by atoms with Crippen molar-refractivity contribution in [1.29, 1.82) is 0 Å². The van der Waals surface area contributed by atoms with Gasteiger partial charge in [0.05, 0.1) is 34.7 Å². The van der Waals surface area contributed by atoms with Crippen LogP contribution in [0, 0.1) is 30.1 Å². The molecule has 0 bridgehead atoms. The first-order chi connectivity index (χ1) is 17.2. The second-order valence-corrected chi connectivity index (χ2v) is 12.8. The van der Waals surface area contributed by atoms with Crippen molar-refractivity contribution in [3.63, 3.8) is 0 Å². The number of cyclic esters (lactones) is 1. The molecule has 6 nitrogen and oxygen atoms in total. The van der Waals surface area contributed by atoms with E-state index in [1.54, 1.807) is 32.1 Å². The number of allylic oxidation sites excluding steroid dienone is 1. The van der Waals surface area contributed by atoms with Gasteiger partial charge in [-0.3, -0.25) is 9.59 Å². The second-order valence-electron chi connectivity index (χ2n) is 11.7. The van der Waals surface area contributed by atoms with Crippen molar-refractivity contribution in [3.8, 4) is 0 Å². The molecule has 0 saturated carbocycles. The SMILES string of the molecule is CC1=CC[C@@H](C(C)=Cc2csc(C)n2)OC(=O)C[C@H](O)C(C)(C)C(=O)[C@H](C)[C@@H](O)[C@@H](C)C[C@@H](C)CCC1. The van der Waals surface area contributed by atoms with Crippen LogP contribution < -0.4 is 0 Å². The first kappa shape index (κ1) is 31.4. The molecule has 0 aliphatic carbocycles. The summed E-state index contributed by atoms with van der Waals surface area (Å²) in [4.78, 5) is 30.8. The molecule has 2 rings (SSSR count). The zero-order chi connectivity index (χ0) is 27.9. The number of hydrogen-bond donors (Lipinski definition) is 2. The van der Waals surface area contributed by atoms with E-state index in [1.165, 1.54) is 5.57 Å². The molecule has 7 heteroatoms. The highest BCUT2D eigenvalue weighted by molar-refractivity contribution is 7.09. The standard InChI is InChI=1S/C30H47NO5S/c1-18-10-9-11-19(2)14-21(4)28(34)22(5)29(35)30(7,8)26(32)16-27(33)36-25(13-12-18)20(3)15-24-17-37-23(6)31-24/h12,15,17,19,21-22,25-26,28,32,34H,9-11,13-14,16H2,1-8H3/t19-,21-,22+,25-,26-,28-/m0/s1. The fourth-order valence-electron chi connectivity index (χ4n) is 5.15. The Labute approximate surface area is 227 Å². The van der Waals surface area contributed by atoms with Gasteiger partial charge in [-0.1, -0.05) is 52.7 Å². The Morgan fingerprint density at radius 1 is 1.19 bits per heavy atom. The Balaban J connectivity index is 2.33. The normalized spacial score (nSPS) is 31.7. The highest BCUT2D eigenvalue weighted by Gasteiger charge is 2.42. The highest BCUT2D eigenvalue weighted by Crippen LogP contribution is 2.33. The lowest BCUT2D eigenvalue weighted by Gasteiger charge is -2.35. The summed E-state index contributed by atoms with van der Waals surface area (Å²) < 4.78 is 5.87. The first-order valence-corrected chi connectivity index (χ1v) is 14.5. The van der Waals surface area contributed by atoms with E-state index in [9.17, 15) is 19.8 Å². The number of hydrogen-bond acceptors (Lipinski definition) is 7. The molecule has 208 valence electrons. The summed E-state index contributed by atoms with van der Waals surface area (Å²) in [6.45, 7) is 15.2. The Bertz CT molecular complexity index is 978. The van der Waals surface area contributed by atoms with E-state index >= 15 is 0 Å². The van der Waals surface area contributed by atoms with E-state index in [4.69, 9.17) is 4.74 Å². The van der Waals surface area contributed by atoms with Gasteiger partial charge in [-0.15, -0.1) is 11.3 Å². The summed E-state index contributed by atoms with van der Waals surface area (Å²) in [5.74, 6) is -1.06. The lowest BCUT2D eigenvalue weighted by Crippen LogP contribution is -2.45. The number of esters is 1. The van der Waals surface area contributed by atoms with Crippen LogP contribution in [-0.4, -0.2) is 45.3 Å². The van der Waals surface area contributed by atoms with Crippen molar-refractivity contribution in [2.24, 2.45) is 23.2 Å². The minimum absolute atomic E-state index is 0.0422. The summed E-state index contributed by atoms with van der Waals surface area (Å²) in [5.41, 5.74) is 1.76. The van der Waals surface area contributed by atoms with E-state index in [1.807, 2.05) is 32.2 Å². The third-order valence-corrected chi connectivity index (χ3v) is 8.65. The molecular weight excluding hydrogens is 486 g/mol. The molecule has 0 unspecified atom stereocenters. The number of ketones is 1. The van der Waals surface area contributed by atoms with Crippen LogP contribution in [0.4, 0.5) is 0 Å². The molecule has 1 aromatic heterocycles. The lowest BCUT2D eigenvalue weighted by molar-refractivity contribution is -0.154. The number of ether oxygens (including phenoxy) is 1. The van der Waals surface area contributed by atoms with Gasteiger partial charge in [-0.05, 0) is 63.5 Å². The number of rotatable bonds is 2.